The molecule has 0 aromatic carbocycles. The van der Waals surface area contributed by atoms with E-state index >= 15 is 0 Å². The van der Waals surface area contributed by atoms with Crippen LogP contribution in [-0.4, -0.2) is 66.6 Å². The zero-order valence-corrected chi connectivity index (χ0v) is 8.90. The summed E-state index contributed by atoms with van der Waals surface area (Å²) in [6.07, 6.45) is 1.30. The highest BCUT2D eigenvalue weighted by atomic mass is 16.3. The number of aliphatic hydroxyl groups is 2. The fourth-order valence-corrected chi connectivity index (χ4v) is 1.62. The summed E-state index contributed by atoms with van der Waals surface area (Å²) in [5, 5.41) is 17.7. The molecule has 0 rings (SSSR count). The van der Waals surface area contributed by atoms with Gasteiger partial charge in [0, 0.05) is 13.1 Å². The Morgan fingerprint density at radius 3 is 1.77 bits per heavy atom. The molecule has 1 unspecified atom stereocenters. The van der Waals surface area contributed by atoms with Gasteiger partial charge in [-0.05, 0) is 20.5 Å². The Morgan fingerprint density at radius 2 is 1.54 bits per heavy atom. The summed E-state index contributed by atoms with van der Waals surface area (Å²) >= 11 is 0. The largest absolute Gasteiger partial charge is 0.395 e. The summed E-state index contributed by atoms with van der Waals surface area (Å²) in [5.74, 6) is 0. The van der Waals surface area contributed by atoms with Crippen molar-refractivity contribution in [3.8, 4) is 0 Å². The molecule has 0 aromatic rings. The third kappa shape index (κ3) is 4.57. The molecular weight excluding hydrogens is 168 g/mol. The van der Waals surface area contributed by atoms with Crippen molar-refractivity contribution in [3.05, 3.63) is 0 Å². The van der Waals surface area contributed by atoms with Gasteiger partial charge >= 0.3 is 0 Å². The van der Waals surface area contributed by atoms with E-state index in [9.17, 15) is 0 Å². The average Bonchev–Trinajstić information content (AvgIpc) is 2.05. The molecule has 80 valence electrons. The molecule has 0 saturated heterocycles. The molecule has 0 aliphatic rings. The lowest BCUT2D eigenvalue weighted by atomic mass is 10.3. The minimum absolute atomic E-state index is 0.143. The molecule has 0 amide bonds. The molecule has 0 heterocycles. The van der Waals surface area contributed by atoms with Gasteiger partial charge in [-0.3, -0.25) is 9.80 Å². The molecule has 1 atom stereocenters. The van der Waals surface area contributed by atoms with Crippen molar-refractivity contribution < 1.29 is 10.2 Å². The van der Waals surface area contributed by atoms with E-state index in [1.54, 1.807) is 0 Å². The second-order valence-corrected chi connectivity index (χ2v) is 3.34. The van der Waals surface area contributed by atoms with Gasteiger partial charge in [0.2, 0.25) is 0 Å². The van der Waals surface area contributed by atoms with Gasteiger partial charge in [-0.25, -0.2) is 0 Å². The van der Waals surface area contributed by atoms with Crippen molar-refractivity contribution in [2.24, 2.45) is 0 Å². The number of nitrogens with zero attached hydrogens (tertiary/aromatic N) is 2. The summed E-state index contributed by atoms with van der Waals surface area (Å²) in [6.45, 7) is 3.63. The van der Waals surface area contributed by atoms with Crippen molar-refractivity contribution in [2.45, 2.75) is 19.5 Å². The van der Waals surface area contributed by atoms with Crippen molar-refractivity contribution in [3.63, 3.8) is 0 Å². The van der Waals surface area contributed by atoms with Crippen LogP contribution in [0.2, 0.25) is 0 Å². The molecule has 0 aliphatic heterocycles. The highest BCUT2D eigenvalue weighted by molar-refractivity contribution is 4.67. The average molecular weight is 190 g/mol. The first-order valence-electron chi connectivity index (χ1n) is 4.79. The maximum Gasteiger partial charge on any atom is 0.0616 e. The predicted molar refractivity (Wildman–Crippen MR) is 53.5 cm³/mol. The van der Waals surface area contributed by atoms with Crippen molar-refractivity contribution in [2.75, 3.05) is 40.4 Å². The fraction of sp³-hybridized carbons (Fsp3) is 1.00. The van der Waals surface area contributed by atoms with Gasteiger partial charge in [-0.2, -0.15) is 0 Å². The number of rotatable bonds is 7. The van der Waals surface area contributed by atoms with Crippen LogP contribution >= 0.6 is 0 Å². The van der Waals surface area contributed by atoms with Crippen LogP contribution in [0.15, 0.2) is 0 Å². The van der Waals surface area contributed by atoms with Crippen molar-refractivity contribution >= 4 is 0 Å². The first-order valence-corrected chi connectivity index (χ1v) is 4.79. The van der Waals surface area contributed by atoms with Crippen molar-refractivity contribution in [1.82, 2.24) is 9.80 Å². The molecule has 0 spiro atoms. The van der Waals surface area contributed by atoms with Crippen LogP contribution in [0.5, 0.6) is 0 Å². The minimum Gasteiger partial charge on any atom is -0.395 e. The number of aliphatic hydroxyl groups excluding tert-OH is 2. The first-order chi connectivity index (χ1) is 6.17. The normalized spacial score (nSPS) is 14.1. The summed E-state index contributed by atoms with van der Waals surface area (Å²) in [5.41, 5.74) is 0. The Balaban J connectivity index is 4.11. The highest BCUT2D eigenvalue weighted by Crippen LogP contribution is 2.05. The molecule has 0 bridgehead atoms. The van der Waals surface area contributed by atoms with E-state index in [4.69, 9.17) is 10.2 Å². The fourth-order valence-electron chi connectivity index (χ4n) is 1.62. The lowest BCUT2D eigenvalue weighted by Gasteiger charge is -2.34. The van der Waals surface area contributed by atoms with Crippen LogP contribution < -0.4 is 0 Å². The summed E-state index contributed by atoms with van der Waals surface area (Å²) in [4.78, 5) is 4.19. The second-order valence-electron chi connectivity index (χ2n) is 3.34. The predicted octanol–water partition coefficient (Wildman–Crippen LogP) is -0.429. The quantitative estimate of drug-likeness (QED) is 0.535. The van der Waals surface area contributed by atoms with E-state index in [1.165, 1.54) is 0 Å². The van der Waals surface area contributed by atoms with E-state index in [0.29, 0.717) is 19.3 Å². The molecule has 0 radical (unpaired) electrons. The van der Waals surface area contributed by atoms with E-state index in [2.05, 4.69) is 16.7 Å². The molecule has 2 N–H and O–H groups in total. The lowest BCUT2D eigenvalue weighted by Crippen LogP contribution is -2.47. The third-order valence-electron chi connectivity index (χ3n) is 2.16. The Morgan fingerprint density at radius 1 is 1.08 bits per heavy atom. The molecule has 0 fully saturated rings. The zero-order chi connectivity index (χ0) is 10.3. The van der Waals surface area contributed by atoms with E-state index in [1.807, 2.05) is 14.1 Å². The topological polar surface area (TPSA) is 46.9 Å². The van der Waals surface area contributed by atoms with Crippen LogP contribution in [0.1, 0.15) is 13.3 Å². The van der Waals surface area contributed by atoms with Gasteiger partial charge < -0.3 is 10.2 Å². The third-order valence-corrected chi connectivity index (χ3v) is 2.16. The molecule has 0 aliphatic carbocycles. The molecule has 4 heteroatoms. The van der Waals surface area contributed by atoms with Gasteiger partial charge in [0.25, 0.3) is 0 Å². The van der Waals surface area contributed by atoms with Crippen LogP contribution in [0, 0.1) is 0 Å². The van der Waals surface area contributed by atoms with Gasteiger partial charge in [0.15, 0.2) is 0 Å². The maximum atomic E-state index is 8.85. The Bertz CT molecular complexity index is 114. The van der Waals surface area contributed by atoms with Gasteiger partial charge in [-0.1, -0.05) is 6.92 Å². The summed E-state index contributed by atoms with van der Waals surface area (Å²) < 4.78 is 0. The molecule has 4 nitrogen and oxygen atoms in total. The Hall–Kier alpha value is -0.160. The van der Waals surface area contributed by atoms with Gasteiger partial charge in [0.05, 0.1) is 19.4 Å². The Labute approximate surface area is 80.8 Å². The van der Waals surface area contributed by atoms with E-state index in [0.717, 1.165) is 6.42 Å². The zero-order valence-electron chi connectivity index (χ0n) is 8.90. The van der Waals surface area contributed by atoms with Crippen molar-refractivity contribution in [1.29, 1.82) is 0 Å². The standard InChI is InChI=1S/C9H22N2O2/c1-4-9(10(2)3)11(5-7-12)6-8-13/h9,12-13H,4-8H2,1-3H3. The van der Waals surface area contributed by atoms with Gasteiger partial charge in [-0.15, -0.1) is 0 Å². The monoisotopic (exact) mass is 190 g/mol. The van der Waals surface area contributed by atoms with Crippen LogP contribution in [0.3, 0.4) is 0 Å². The van der Waals surface area contributed by atoms with E-state index in [-0.39, 0.29) is 13.2 Å². The molecular formula is C9H22N2O2. The van der Waals surface area contributed by atoms with Gasteiger partial charge in [0.1, 0.15) is 0 Å². The number of hydrogen-bond donors (Lipinski definition) is 2. The summed E-state index contributed by atoms with van der Waals surface area (Å²) in [7, 11) is 4.02. The molecule has 13 heavy (non-hydrogen) atoms. The number of hydrogen-bond acceptors (Lipinski definition) is 4. The first kappa shape index (κ1) is 12.8. The second kappa shape index (κ2) is 7.26. The maximum absolute atomic E-state index is 8.85. The SMILES string of the molecule is CCC(N(C)C)N(CCO)CCO. The van der Waals surface area contributed by atoms with E-state index < -0.39 is 0 Å². The van der Waals surface area contributed by atoms with Crippen LogP contribution in [0.25, 0.3) is 0 Å². The molecule has 0 saturated carbocycles. The van der Waals surface area contributed by atoms with Crippen LogP contribution in [-0.2, 0) is 0 Å². The highest BCUT2D eigenvalue weighted by Gasteiger charge is 2.17. The lowest BCUT2D eigenvalue weighted by molar-refractivity contribution is 0.0455. The van der Waals surface area contributed by atoms with Crippen LogP contribution in [0.4, 0.5) is 0 Å². The smallest absolute Gasteiger partial charge is 0.0616 e. The Kier molecular flexibility index (Phi) is 7.17. The minimum atomic E-state index is 0.143. The summed E-state index contributed by atoms with van der Waals surface area (Å²) in [6, 6.07) is 0. The molecule has 0 aromatic heterocycles.